The number of amides is 1. The van der Waals surface area contributed by atoms with E-state index in [1.165, 1.54) is 44.1 Å². The SMILES string of the molecule is O=C([C@H]1CCCO1)N1CCC2(CC1)C[C@@H]2c1ccc(C2CCC2)cc1. The van der Waals surface area contributed by atoms with E-state index in [1.807, 2.05) is 0 Å². The summed E-state index contributed by atoms with van der Waals surface area (Å²) < 4.78 is 5.58. The van der Waals surface area contributed by atoms with Crippen molar-refractivity contribution in [1.82, 2.24) is 4.90 Å². The Bertz CT molecular complexity index is 634. The van der Waals surface area contributed by atoms with Gasteiger partial charge in [-0.1, -0.05) is 30.7 Å². The van der Waals surface area contributed by atoms with E-state index in [1.54, 1.807) is 5.56 Å². The van der Waals surface area contributed by atoms with Gasteiger partial charge in [0.25, 0.3) is 5.91 Å². The van der Waals surface area contributed by atoms with Crippen molar-refractivity contribution >= 4 is 5.91 Å². The van der Waals surface area contributed by atoms with E-state index in [0.29, 0.717) is 5.41 Å². The molecule has 1 aromatic carbocycles. The Morgan fingerprint density at radius 1 is 1.00 bits per heavy atom. The summed E-state index contributed by atoms with van der Waals surface area (Å²) in [5.41, 5.74) is 3.55. The van der Waals surface area contributed by atoms with Gasteiger partial charge in [0.1, 0.15) is 6.10 Å². The van der Waals surface area contributed by atoms with Crippen molar-refractivity contribution in [3.8, 4) is 0 Å². The summed E-state index contributed by atoms with van der Waals surface area (Å²) in [4.78, 5) is 14.6. The van der Waals surface area contributed by atoms with Crippen LogP contribution in [0.3, 0.4) is 0 Å². The third kappa shape index (κ3) is 2.81. The van der Waals surface area contributed by atoms with Gasteiger partial charge in [0, 0.05) is 19.7 Å². The fourth-order valence-corrected chi connectivity index (χ4v) is 5.26. The van der Waals surface area contributed by atoms with Gasteiger partial charge in [-0.15, -0.1) is 0 Å². The molecule has 0 N–H and O–H groups in total. The molecule has 2 atom stereocenters. The number of rotatable bonds is 3. The minimum Gasteiger partial charge on any atom is -0.368 e. The first-order valence-corrected chi connectivity index (χ1v) is 10.3. The Balaban J connectivity index is 1.19. The fourth-order valence-electron chi connectivity index (χ4n) is 5.26. The second-order valence-corrected chi connectivity index (χ2v) is 8.74. The molecular weight excluding hydrogens is 310 g/mol. The number of carbonyl (C=O) groups is 1. The van der Waals surface area contributed by atoms with Crippen LogP contribution < -0.4 is 0 Å². The number of hydrogen-bond acceptors (Lipinski definition) is 2. The highest BCUT2D eigenvalue weighted by molar-refractivity contribution is 5.81. The summed E-state index contributed by atoms with van der Waals surface area (Å²) in [6, 6.07) is 9.52. The Morgan fingerprint density at radius 2 is 1.72 bits per heavy atom. The van der Waals surface area contributed by atoms with Crippen molar-refractivity contribution in [2.45, 2.75) is 69.3 Å². The maximum absolute atomic E-state index is 12.5. The molecule has 4 fully saturated rings. The van der Waals surface area contributed by atoms with Crippen LogP contribution in [-0.2, 0) is 9.53 Å². The Labute approximate surface area is 150 Å². The molecule has 2 heterocycles. The summed E-state index contributed by atoms with van der Waals surface area (Å²) in [5.74, 6) is 1.80. The van der Waals surface area contributed by atoms with Crippen molar-refractivity contribution < 1.29 is 9.53 Å². The molecule has 2 saturated carbocycles. The van der Waals surface area contributed by atoms with Crippen molar-refractivity contribution in [3.63, 3.8) is 0 Å². The lowest BCUT2D eigenvalue weighted by Gasteiger charge is -2.34. The molecule has 134 valence electrons. The number of piperidine rings is 1. The minimum absolute atomic E-state index is 0.150. The molecule has 4 aliphatic rings. The zero-order valence-electron chi connectivity index (χ0n) is 15.1. The minimum atomic E-state index is -0.150. The molecule has 3 heteroatoms. The maximum atomic E-state index is 12.5. The first-order chi connectivity index (χ1) is 12.3. The molecule has 0 bridgehead atoms. The zero-order valence-corrected chi connectivity index (χ0v) is 15.1. The molecule has 25 heavy (non-hydrogen) atoms. The van der Waals surface area contributed by atoms with E-state index in [4.69, 9.17) is 4.74 Å². The molecule has 2 aliphatic heterocycles. The number of carbonyl (C=O) groups excluding carboxylic acids is 1. The molecule has 1 amide bonds. The standard InChI is InChI=1S/C22H29NO2/c24-21(20-5-2-14-25-20)23-12-10-22(11-13-23)15-19(22)18-8-6-17(7-9-18)16-3-1-4-16/h6-9,16,19-20H,1-5,10-15H2/t19-,20-/m1/s1. The third-order valence-corrected chi connectivity index (χ3v) is 7.38. The van der Waals surface area contributed by atoms with E-state index in [9.17, 15) is 4.79 Å². The van der Waals surface area contributed by atoms with Crippen LogP contribution in [0.1, 0.15) is 74.3 Å². The molecule has 5 rings (SSSR count). The topological polar surface area (TPSA) is 29.5 Å². The van der Waals surface area contributed by atoms with Crippen LogP contribution in [-0.4, -0.2) is 36.6 Å². The summed E-state index contributed by atoms with van der Waals surface area (Å²) in [6.45, 7) is 2.61. The lowest BCUT2D eigenvalue weighted by Crippen LogP contribution is -2.44. The van der Waals surface area contributed by atoms with Crippen LogP contribution in [0.2, 0.25) is 0 Å². The highest BCUT2D eigenvalue weighted by Crippen LogP contribution is 2.65. The highest BCUT2D eigenvalue weighted by atomic mass is 16.5. The van der Waals surface area contributed by atoms with Gasteiger partial charge in [-0.25, -0.2) is 0 Å². The molecule has 2 saturated heterocycles. The van der Waals surface area contributed by atoms with Gasteiger partial charge < -0.3 is 9.64 Å². The lowest BCUT2D eigenvalue weighted by molar-refractivity contribution is -0.142. The van der Waals surface area contributed by atoms with Crippen LogP contribution in [0, 0.1) is 5.41 Å². The summed E-state index contributed by atoms with van der Waals surface area (Å²) in [6.07, 6.45) is 9.60. The van der Waals surface area contributed by atoms with E-state index in [-0.39, 0.29) is 12.0 Å². The summed E-state index contributed by atoms with van der Waals surface area (Å²) in [7, 11) is 0. The first-order valence-electron chi connectivity index (χ1n) is 10.3. The zero-order chi connectivity index (χ0) is 16.9. The van der Waals surface area contributed by atoms with E-state index >= 15 is 0 Å². The van der Waals surface area contributed by atoms with Crippen molar-refractivity contribution in [2.24, 2.45) is 5.41 Å². The molecule has 1 aromatic rings. The van der Waals surface area contributed by atoms with Crippen LogP contribution in [0.15, 0.2) is 24.3 Å². The highest BCUT2D eigenvalue weighted by Gasteiger charge is 2.55. The first kappa shape index (κ1) is 15.9. The number of hydrogen-bond donors (Lipinski definition) is 0. The molecule has 1 spiro atoms. The van der Waals surface area contributed by atoms with E-state index in [2.05, 4.69) is 29.2 Å². The van der Waals surface area contributed by atoms with Gasteiger partial charge in [0.2, 0.25) is 0 Å². The number of nitrogens with zero attached hydrogens (tertiary/aromatic N) is 1. The third-order valence-electron chi connectivity index (χ3n) is 7.38. The second kappa shape index (κ2) is 6.12. The summed E-state index contributed by atoms with van der Waals surface area (Å²) in [5, 5.41) is 0. The molecular formula is C22H29NO2. The van der Waals surface area contributed by atoms with Gasteiger partial charge in [-0.2, -0.15) is 0 Å². The average molecular weight is 339 g/mol. The van der Waals surface area contributed by atoms with E-state index in [0.717, 1.165) is 44.4 Å². The van der Waals surface area contributed by atoms with Crippen LogP contribution >= 0.6 is 0 Å². The van der Waals surface area contributed by atoms with Crippen LogP contribution in [0.25, 0.3) is 0 Å². The quantitative estimate of drug-likeness (QED) is 0.825. The van der Waals surface area contributed by atoms with Gasteiger partial charge in [-0.05, 0) is 73.3 Å². The lowest BCUT2D eigenvalue weighted by atomic mass is 9.79. The predicted octanol–water partition coefficient (Wildman–Crippen LogP) is 4.23. The van der Waals surface area contributed by atoms with Gasteiger partial charge in [-0.3, -0.25) is 4.79 Å². The normalized spacial score (nSPS) is 31.1. The van der Waals surface area contributed by atoms with Gasteiger partial charge >= 0.3 is 0 Å². The average Bonchev–Trinajstić information content (AvgIpc) is 3.04. The number of likely N-dealkylation sites (tertiary alicyclic amines) is 1. The number of ether oxygens (including phenoxy) is 1. The maximum Gasteiger partial charge on any atom is 0.251 e. The second-order valence-electron chi connectivity index (χ2n) is 8.74. The largest absolute Gasteiger partial charge is 0.368 e. The predicted molar refractivity (Wildman–Crippen MR) is 97.6 cm³/mol. The van der Waals surface area contributed by atoms with Crippen molar-refractivity contribution in [3.05, 3.63) is 35.4 Å². The molecule has 0 unspecified atom stereocenters. The van der Waals surface area contributed by atoms with Crippen LogP contribution in [0.4, 0.5) is 0 Å². The Kier molecular flexibility index (Phi) is 3.89. The van der Waals surface area contributed by atoms with Crippen LogP contribution in [0.5, 0.6) is 0 Å². The Hall–Kier alpha value is -1.35. The molecule has 0 radical (unpaired) electrons. The van der Waals surface area contributed by atoms with Crippen molar-refractivity contribution in [2.75, 3.05) is 19.7 Å². The molecule has 3 nitrogen and oxygen atoms in total. The molecule has 0 aromatic heterocycles. The fraction of sp³-hybridized carbons (Fsp3) is 0.682. The number of benzene rings is 1. The monoisotopic (exact) mass is 339 g/mol. The van der Waals surface area contributed by atoms with Crippen molar-refractivity contribution in [1.29, 1.82) is 0 Å². The Morgan fingerprint density at radius 3 is 2.32 bits per heavy atom. The summed E-state index contributed by atoms with van der Waals surface area (Å²) >= 11 is 0. The van der Waals surface area contributed by atoms with Gasteiger partial charge in [0.05, 0.1) is 0 Å². The molecule has 2 aliphatic carbocycles. The smallest absolute Gasteiger partial charge is 0.251 e. The van der Waals surface area contributed by atoms with Gasteiger partial charge in [0.15, 0.2) is 0 Å². The van der Waals surface area contributed by atoms with E-state index < -0.39 is 0 Å².